The second-order valence-corrected chi connectivity index (χ2v) is 6.58. The van der Waals surface area contributed by atoms with Crippen LogP contribution < -0.4 is 5.32 Å². The molecule has 0 aliphatic carbocycles. The van der Waals surface area contributed by atoms with Gasteiger partial charge in [0.2, 0.25) is 0 Å². The largest absolute Gasteiger partial charge is 0.361 e. The van der Waals surface area contributed by atoms with E-state index in [2.05, 4.69) is 39.3 Å². The predicted octanol–water partition coefficient (Wildman–Crippen LogP) is 5.36. The molecule has 5 heteroatoms. The molecule has 0 aliphatic heterocycles. The van der Waals surface area contributed by atoms with Crippen LogP contribution in [0.15, 0.2) is 55.1 Å². The maximum Gasteiger partial charge on any atom is 0.103 e. The first-order valence-corrected chi connectivity index (χ1v) is 8.99. The fraction of sp³-hybridized carbons (Fsp3) is 0.0870. The van der Waals surface area contributed by atoms with Crippen molar-refractivity contribution in [1.82, 2.24) is 15.0 Å². The van der Waals surface area contributed by atoms with Crippen molar-refractivity contribution >= 4 is 34.4 Å². The molecule has 0 aliphatic rings. The Bertz CT molecular complexity index is 1210. The Hall–Kier alpha value is -3.91. The SMILES string of the molecule is Cc1ncc(C#N)c(Nc2ccc3[nH]ccc3c2C)c1/C=C/c1cccnc1. The summed E-state index contributed by atoms with van der Waals surface area (Å²) < 4.78 is 0. The summed E-state index contributed by atoms with van der Waals surface area (Å²) in [6.45, 7) is 4.02. The van der Waals surface area contributed by atoms with E-state index < -0.39 is 0 Å². The number of nitriles is 1. The molecule has 0 amide bonds. The lowest BCUT2D eigenvalue weighted by Crippen LogP contribution is -2.02. The van der Waals surface area contributed by atoms with Gasteiger partial charge in [-0.25, -0.2) is 0 Å². The van der Waals surface area contributed by atoms with E-state index in [1.165, 1.54) is 0 Å². The molecule has 3 heterocycles. The van der Waals surface area contributed by atoms with E-state index in [0.717, 1.165) is 44.7 Å². The van der Waals surface area contributed by atoms with E-state index in [9.17, 15) is 5.26 Å². The van der Waals surface area contributed by atoms with Crippen LogP contribution in [0.4, 0.5) is 11.4 Å². The average molecular weight is 365 g/mol. The van der Waals surface area contributed by atoms with Crippen molar-refractivity contribution in [3.05, 3.63) is 83.1 Å². The zero-order chi connectivity index (χ0) is 19.5. The third-order valence-corrected chi connectivity index (χ3v) is 4.83. The van der Waals surface area contributed by atoms with Crippen LogP contribution in [-0.2, 0) is 0 Å². The number of rotatable bonds is 4. The molecule has 0 fully saturated rings. The summed E-state index contributed by atoms with van der Waals surface area (Å²) in [4.78, 5) is 11.8. The molecule has 0 saturated heterocycles. The smallest absolute Gasteiger partial charge is 0.103 e. The molecule has 0 atom stereocenters. The van der Waals surface area contributed by atoms with E-state index in [-0.39, 0.29) is 0 Å². The van der Waals surface area contributed by atoms with Crippen LogP contribution in [0.3, 0.4) is 0 Å². The number of fused-ring (bicyclic) bond motifs is 1. The minimum Gasteiger partial charge on any atom is -0.361 e. The lowest BCUT2D eigenvalue weighted by Gasteiger charge is -2.15. The zero-order valence-electron chi connectivity index (χ0n) is 15.7. The molecule has 0 bridgehead atoms. The van der Waals surface area contributed by atoms with E-state index >= 15 is 0 Å². The van der Waals surface area contributed by atoms with E-state index in [1.54, 1.807) is 18.6 Å². The molecular weight excluding hydrogens is 346 g/mol. The summed E-state index contributed by atoms with van der Waals surface area (Å²) in [6.07, 6.45) is 11.0. The van der Waals surface area contributed by atoms with Gasteiger partial charge in [0.05, 0.1) is 11.3 Å². The van der Waals surface area contributed by atoms with E-state index in [4.69, 9.17) is 0 Å². The van der Waals surface area contributed by atoms with Gasteiger partial charge in [-0.2, -0.15) is 5.26 Å². The first kappa shape index (κ1) is 17.5. The summed E-state index contributed by atoms with van der Waals surface area (Å²) in [7, 11) is 0. The molecule has 0 unspecified atom stereocenters. The van der Waals surface area contributed by atoms with E-state index in [1.807, 2.05) is 49.5 Å². The summed E-state index contributed by atoms with van der Waals surface area (Å²) in [5.41, 5.74) is 7.16. The molecule has 136 valence electrons. The second-order valence-electron chi connectivity index (χ2n) is 6.58. The minimum absolute atomic E-state index is 0.505. The van der Waals surface area contributed by atoms with Gasteiger partial charge in [0, 0.05) is 52.6 Å². The normalized spacial score (nSPS) is 11.0. The highest BCUT2D eigenvalue weighted by Gasteiger charge is 2.13. The first-order chi connectivity index (χ1) is 13.7. The summed E-state index contributed by atoms with van der Waals surface area (Å²) in [6, 6.07) is 12.3. The van der Waals surface area contributed by atoms with Crippen molar-refractivity contribution in [2.24, 2.45) is 0 Å². The number of nitrogens with one attached hydrogen (secondary N) is 2. The molecule has 3 aromatic heterocycles. The second kappa shape index (κ2) is 7.37. The number of aryl methyl sites for hydroxylation is 2. The van der Waals surface area contributed by atoms with Crippen molar-refractivity contribution in [2.75, 3.05) is 5.32 Å². The molecule has 4 rings (SSSR count). The Morgan fingerprint density at radius 2 is 2.00 bits per heavy atom. The quantitative estimate of drug-likeness (QED) is 0.510. The number of hydrogen-bond acceptors (Lipinski definition) is 4. The third kappa shape index (κ3) is 3.24. The molecule has 0 saturated carbocycles. The van der Waals surface area contributed by atoms with Crippen LogP contribution >= 0.6 is 0 Å². The Balaban J connectivity index is 1.80. The standard InChI is InChI=1S/C23H19N5/c1-15-19-9-11-26-22(19)8-7-21(15)28-23-18(12-24)14-27-16(2)20(23)6-5-17-4-3-10-25-13-17/h3-11,13-14,26H,1-2H3,(H,27,28)/b6-5+. The van der Waals surface area contributed by atoms with Crippen LogP contribution in [0.25, 0.3) is 23.1 Å². The molecule has 0 radical (unpaired) electrons. The van der Waals surface area contributed by atoms with Crippen LogP contribution in [-0.4, -0.2) is 15.0 Å². The number of aromatic amines is 1. The molecule has 1 aromatic carbocycles. The van der Waals surface area contributed by atoms with Crippen LogP contribution in [0.5, 0.6) is 0 Å². The number of pyridine rings is 2. The molecule has 4 aromatic rings. The highest BCUT2D eigenvalue weighted by molar-refractivity contribution is 5.90. The number of hydrogen-bond donors (Lipinski definition) is 2. The van der Waals surface area contributed by atoms with Crippen molar-refractivity contribution in [3.63, 3.8) is 0 Å². The van der Waals surface area contributed by atoms with Gasteiger partial charge >= 0.3 is 0 Å². The Morgan fingerprint density at radius 3 is 2.79 bits per heavy atom. The molecular formula is C23H19N5. The summed E-state index contributed by atoms with van der Waals surface area (Å²) in [5, 5.41) is 14.3. The Kier molecular flexibility index (Phi) is 4.61. The van der Waals surface area contributed by atoms with Crippen molar-refractivity contribution < 1.29 is 0 Å². The number of benzene rings is 1. The lowest BCUT2D eigenvalue weighted by atomic mass is 10.0. The number of nitrogens with zero attached hydrogens (tertiary/aromatic N) is 3. The van der Waals surface area contributed by atoms with Gasteiger partial charge in [-0.05, 0) is 49.2 Å². The van der Waals surface area contributed by atoms with Gasteiger partial charge < -0.3 is 10.3 Å². The molecule has 0 spiro atoms. The van der Waals surface area contributed by atoms with Crippen molar-refractivity contribution in [1.29, 1.82) is 5.26 Å². The summed E-state index contributed by atoms with van der Waals surface area (Å²) in [5.74, 6) is 0. The van der Waals surface area contributed by atoms with Gasteiger partial charge in [0.1, 0.15) is 6.07 Å². The first-order valence-electron chi connectivity index (χ1n) is 8.99. The topological polar surface area (TPSA) is 77.4 Å². The zero-order valence-corrected chi connectivity index (χ0v) is 15.7. The van der Waals surface area contributed by atoms with Gasteiger partial charge in [-0.1, -0.05) is 18.2 Å². The maximum absolute atomic E-state index is 9.64. The number of aromatic nitrogens is 3. The maximum atomic E-state index is 9.64. The average Bonchev–Trinajstić information content (AvgIpc) is 3.20. The Morgan fingerprint density at radius 1 is 1.11 bits per heavy atom. The highest BCUT2D eigenvalue weighted by Crippen LogP contribution is 2.32. The molecule has 28 heavy (non-hydrogen) atoms. The fourth-order valence-corrected chi connectivity index (χ4v) is 3.25. The van der Waals surface area contributed by atoms with E-state index in [0.29, 0.717) is 5.56 Å². The molecule has 2 N–H and O–H groups in total. The number of anilines is 2. The Labute approximate surface area is 163 Å². The van der Waals surface area contributed by atoms with Crippen molar-refractivity contribution in [3.8, 4) is 6.07 Å². The van der Waals surface area contributed by atoms with Gasteiger partial charge in [-0.15, -0.1) is 0 Å². The predicted molar refractivity (Wildman–Crippen MR) is 113 cm³/mol. The van der Waals surface area contributed by atoms with Gasteiger partial charge in [0.15, 0.2) is 0 Å². The summed E-state index contributed by atoms with van der Waals surface area (Å²) >= 11 is 0. The minimum atomic E-state index is 0.505. The van der Waals surface area contributed by atoms with Gasteiger partial charge in [0.25, 0.3) is 0 Å². The lowest BCUT2D eigenvalue weighted by molar-refractivity contribution is 1.18. The fourth-order valence-electron chi connectivity index (χ4n) is 3.25. The monoisotopic (exact) mass is 365 g/mol. The van der Waals surface area contributed by atoms with Gasteiger partial charge in [-0.3, -0.25) is 9.97 Å². The van der Waals surface area contributed by atoms with Crippen LogP contribution in [0, 0.1) is 25.2 Å². The van der Waals surface area contributed by atoms with Crippen molar-refractivity contribution in [2.45, 2.75) is 13.8 Å². The van der Waals surface area contributed by atoms with Crippen LogP contribution in [0.1, 0.15) is 27.9 Å². The third-order valence-electron chi connectivity index (χ3n) is 4.83. The highest BCUT2D eigenvalue weighted by atomic mass is 14.9. The number of H-pyrrole nitrogens is 1. The molecule has 5 nitrogen and oxygen atoms in total. The van der Waals surface area contributed by atoms with Crippen LogP contribution in [0.2, 0.25) is 0 Å².